The molecule has 0 radical (unpaired) electrons. The van der Waals surface area contributed by atoms with Crippen molar-refractivity contribution in [2.75, 3.05) is 0 Å². The molecule has 6 heteroatoms. The number of para-hydroxylation sites is 4. The van der Waals surface area contributed by atoms with Crippen LogP contribution < -0.4 is 0 Å². The molecule has 7 aromatic carbocycles. The van der Waals surface area contributed by atoms with Crippen LogP contribution in [-0.2, 0) is 0 Å². The van der Waals surface area contributed by atoms with Crippen LogP contribution in [0.4, 0.5) is 0 Å². The first kappa shape index (κ1) is 29.4. The summed E-state index contributed by atoms with van der Waals surface area (Å²) in [5.41, 5.74) is 9.42. The first-order valence-electron chi connectivity index (χ1n) is 16.8. The van der Waals surface area contributed by atoms with E-state index in [0.29, 0.717) is 22.5 Å². The van der Waals surface area contributed by atoms with Crippen molar-refractivity contribution in [1.82, 2.24) is 19.5 Å². The molecule has 0 saturated heterocycles. The molecule has 0 aliphatic heterocycles. The Balaban J connectivity index is 1.21. The number of hydrogen-bond donors (Lipinski definition) is 0. The Hall–Kier alpha value is -6.56. The highest BCUT2D eigenvalue weighted by molar-refractivity contribution is 6.31. The lowest BCUT2D eigenvalue weighted by molar-refractivity contribution is 0.670. The zero-order valence-electron chi connectivity index (χ0n) is 27.2. The maximum Gasteiger partial charge on any atom is 0.164 e. The summed E-state index contributed by atoms with van der Waals surface area (Å²) in [6.07, 6.45) is 0. The van der Waals surface area contributed by atoms with Crippen molar-refractivity contribution in [2.45, 2.75) is 0 Å². The van der Waals surface area contributed by atoms with Crippen molar-refractivity contribution < 1.29 is 4.42 Å². The molecule has 5 nitrogen and oxygen atoms in total. The van der Waals surface area contributed by atoms with Gasteiger partial charge in [0.25, 0.3) is 0 Å². The molecule has 0 fully saturated rings. The smallest absolute Gasteiger partial charge is 0.164 e. The van der Waals surface area contributed by atoms with Crippen LogP contribution in [0.25, 0.3) is 94.7 Å². The molecule has 0 N–H and O–H groups in total. The number of hydrogen-bond acceptors (Lipinski definition) is 4. The van der Waals surface area contributed by atoms with Gasteiger partial charge in [-0.15, -0.1) is 0 Å². The van der Waals surface area contributed by atoms with E-state index in [2.05, 4.69) is 95.6 Å². The van der Waals surface area contributed by atoms with Crippen LogP contribution in [0, 0.1) is 0 Å². The fourth-order valence-corrected chi connectivity index (χ4v) is 7.37. The molecule has 10 aromatic rings. The second-order valence-corrected chi connectivity index (χ2v) is 13.0. The number of fused-ring (bicyclic) bond motifs is 6. The third-order valence-electron chi connectivity index (χ3n) is 9.53. The highest BCUT2D eigenvalue weighted by Crippen LogP contribution is 2.41. The van der Waals surface area contributed by atoms with Gasteiger partial charge in [0.2, 0.25) is 0 Å². The molecule has 240 valence electrons. The van der Waals surface area contributed by atoms with Crippen molar-refractivity contribution in [3.63, 3.8) is 0 Å². The van der Waals surface area contributed by atoms with Crippen molar-refractivity contribution in [2.24, 2.45) is 0 Å². The molecule has 0 saturated carbocycles. The molecule has 0 spiro atoms. The lowest BCUT2D eigenvalue weighted by Gasteiger charge is -2.13. The number of rotatable bonds is 5. The lowest BCUT2D eigenvalue weighted by Crippen LogP contribution is -2.01. The molecular weight excluding hydrogens is 648 g/mol. The Bertz CT molecular complexity index is 2930. The monoisotopic (exact) mass is 674 g/mol. The molecule has 3 heterocycles. The average molecular weight is 675 g/mol. The van der Waals surface area contributed by atoms with Crippen LogP contribution in [0.3, 0.4) is 0 Å². The van der Waals surface area contributed by atoms with E-state index in [4.69, 9.17) is 31.0 Å². The Morgan fingerprint density at radius 1 is 0.431 bits per heavy atom. The Kier molecular flexibility index (Phi) is 6.79. The molecule has 0 atom stereocenters. The summed E-state index contributed by atoms with van der Waals surface area (Å²) in [5, 5.41) is 5.00. The van der Waals surface area contributed by atoms with E-state index in [9.17, 15) is 0 Å². The highest BCUT2D eigenvalue weighted by Gasteiger charge is 2.20. The van der Waals surface area contributed by atoms with Crippen LogP contribution in [0.5, 0.6) is 0 Å². The maximum absolute atomic E-state index is 6.70. The van der Waals surface area contributed by atoms with Gasteiger partial charge in [0.1, 0.15) is 11.2 Å². The summed E-state index contributed by atoms with van der Waals surface area (Å²) in [6, 6.07) is 55.6. The summed E-state index contributed by atoms with van der Waals surface area (Å²) < 4.78 is 8.77. The van der Waals surface area contributed by atoms with E-state index in [0.717, 1.165) is 77.2 Å². The predicted molar refractivity (Wildman–Crippen MR) is 208 cm³/mol. The minimum absolute atomic E-state index is 0.547. The van der Waals surface area contributed by atoms with Crippen LogP contribution in [0.1, 0.15) is 0 Å². The summed E-state index contributed by atoms with van der Waals surface area (Å²) >= 11 is 6.70. The van der Waals surface area contributed by atoms with Gasteiger partial charge in [0, 0.05) is 54.5 Å². The highest BCUT2D eigenvalue weighted by atomic mass is 35.5. The predicted octanol–water partition coefficient (Wildman–Crippen LogP) is 12.2. The molecular formula is C45H27ClN4O. The van der Waals surface area contributed by atoms with Crippen molar-refractivity contribution in [3.8, 4) is 51.0 Å². The Labute approximate surface area is 298 Å². The molecule has 10 rings (SSSR count). The third kappa shape index (κ3) is 4.90. The van der Waals surface area contributed by atoms with Gasteiger partial charge < -0.3 is 8.98 Å². The van der Waals surface area contributed by atoms with E-state index in [1.807, 2.05) is 72.8 Å². The SMILES string of the molecule is Clc1ccc(-c2nc(-c3ccccc3)nc(-c3ccc4c(c3)c3ccccc3n4-c3ccccc3)n2)c(-c2cccc3c2oc2ccccc23)c1. The topological polar surface area (TPSA) is 56.7 Å². The quantitative estimate of drug-likeness (QED) is 0.182. The largest absolute Gasteiger partial charge is 0.455 e. The van der Waals surface area contributed by atoms with Gasteiger partial charge >= 0.3 is 0 Å². The molecule has 0 unspecified atom stereocenters. The van der Waals surface area contributed by atoms with E-state index in [1.165, 1.54) is 0 Å². The molecule has 0 aliphatic rings. The normalized spacial score (nSPS) is 11.6. The van der Waals surface area contributed by atoms with Gasteiger partial charge in [-0.2, -0.15) is 0 Å². The van der Waals surface area contributed by atoms with Gasteiger partial charge in [-0.3, -0.25) is 0 Å². The zero-order chi connectivity index (χ0) is 33.9. The number of furan rings is 1. The van der Waals surface area contributed by atoms with Crippen molar-refractivity contribution in [3.05, 3.63) is 169 Å². The van der Waals surface area contributed by atoms with E-state index in [-0.39, 0.29) is 0 Å². The standard InChI is InChI=1S/C45H27ClN4O/c46-30-23-24-36(37(27-30)35-19-11-18-34-33-17-8-10-21-41(33)51-42(34)35)45-48-43(28-12-3-1-4-13-28)47-44(49-45)29-22-25-40-38(26-29)32-16-7-9-20-39(32)50(40)31-14-5-2-6-15-31/h1-27H. The van der Waals surface area contributed by atoms with E-state index in [1.54, 1.807) is 0 Å². The fourth-order valence-electron chi connectivity index (χ4n) is 7.20. The van der Waals surface area contributed by atoms with E-state index >= 15 is 0 Å². The summed E-state index contributed by atoms with van der Waals surface area (Å²) in [4.78, 5) is 15.4. The second kappa shape index (κ2) is 11.8. The number of benzene rings is 7. The Morgan fingerprint density at radius 2 is 1.10 bits per heavy atom. The zero-order valence-corrected chi connectivity index (χ0v) is 27.9. The van der Waals surface area contributed by atoms with Gasteiger partial charge in [0.05, 0.1) is 11.0 Å². The van der Waals surface area contributed by atoms with Crippen LogP contribution >= 0.6 is 11.6 Å². The first-order chi connectivity index (χ1) is 25.2. The fraction of sp³-hybridized carbons (Fsp3) is 0. The van der Waals surface area contributed by atoms with Crippen molar-refractivity contribution >= 4 is 55.3 Å². The number of nitrogens with zero attached hydrogens (tertiary/aromatic N) is 4. The molecule has 51 heavy (non-hydrogen) atoms. The Morgan fingerprint density at radius 3 is 1.94 bits per heavy atom. The number of aromatic nitrogens is 4. The summed E-state index contributed by atoms with van der Waals surface area (Å²) in [7, 11) is 0. The molecule has 0 aliphatic carbocycles. The summed E-state index contributed by atoms with van der Waals surface area (Å²) in [5.74, 6) is 1.72. The molecule has 0 bridgehead atoms. The van der Waals surface area contributed by atoms with Crippen molar-refractivity contribution in [1.29, 1.82) is 0 Å². The average Bonchev–Trinajstić information content (AvgIpc) is 3.74. The maximum atomic E-state index is 6.70. The first-order valence-corrected chi connectivity index (χ1v) is 17.2. The van der Waals surface area contributed by atoms with Gasteiger partial charge in [0.15, 0.2) is 17.5 Å². The molecule has 3 aromatic heterocycles. The van der Waals surface area contributed by atoms with Crippen LogP contribution in [-0.4, -0.2) is 19.5 Å². The van der Waals surface area contributed by atoms with Gasteiger partial charge in [-0.25, -0.2) is 15.0 Å². The minimum atomic E-state index is 0.547. The van der Waals surface area contributed by atoms with E-state index < -0.39 is 0 Å². The third-order valence-corrected chi connectivity index (χ3v) is 9.76. The second-order valence-electron chi connectivity index (χ2n) is 12.6. The molecule has 0 amide bonds. The number of halogens is 1. The summed E-state index contributed by atoms with van der Waals surface area (Å²) in [6.45, 7) is 0. The van der Waals surface area contributed by atoms with Crippen LogP contribution in [0.2, 0.25) is 5.02 Å². The van der Waals surface area contributed by atoms with Gasteiger partial charge in [-0.1, -0.05) is 115 Å². The minimum Gasteiger partial charge on any atom is -0.455 e. The van der Waals surface area contributed by atoms with Crippen LogP contribution in [0.15, 0.2) is 168 Å². The van der Waals surface area contributed by atoms with Gasteiger partial charge in [-0.05, 0) is 66.2 Å². The lowest BCUT2D eigenvalue weighted by atomic mass is 9.97.